The van der Waals surface area contributed by atoms with Crippen molar-refractivity contribution in [2.45, 2.75) is 44.9 Å². The highest BCUT2D eigenvalue weighted by molar-refractivity contribution is 5.94. The first-order valence-corrected chi connectivity index (χ1v) is 11.5. The number of carbonyl (C=O) groups excluding carboxylic acids is 1. The summed E-state index contributed by atoms with van der Waals surface area (Å²) >= 11 is 0. The minimum absolute atomic E-state index is 0.0382. The standard InChI is InChI=1S/C26H26N4O2/c1-17-8-2-4-12-21(17)30-22-13-6-10-19(22)24(28-30)26(31)29-15-7-9-18(16-29)25-27-20-11-3-5-14-23(20)32-25/h2-5,8,11-12,14,18H,6-7,9-10,13,15-16H2,1H3. The molecule has 4 aromatic rings. The zero-order chi connectivity index (χ0) is 21.7. The van der Waals surface area contributed by atoms with Gasteiger partial charge in [0.1, 0.15) is 5.52 Å². The molecule has 0 bridgehead atoms. The van der Waals surface area contributed by atoms with Gasteiger partial charge in [0.05, 0.1) is 11.6 Å². The average Bonchev–Trinajstić information content (AvgIpc) is 3.54. The Bertz CT molecular complexity index is 1290. The zero-order valence-electron chi connectivity index (χ0n) is 18.3. The lowest BCUT2D eigenvalue weighted by atomic mass is 9.97. The smallest absolute Gasteiger partial charge is 0.274 e. The average molecular weight is 427 g/mol. The van der Waals surface area contributed by atoms with Crippen LogP contribution in [-0.2, 0) is 12.8 Å². The number of carbonyl (C=O) groups is 1. The minimum atomic E-state index is 0.0382. The van der Waals surface area contributed by atoms with E-state index in [1.807, 2.05) is 46.0 Å². The third-order valence-corrected chi connectivity index (χ3v) is 6.84. The van der Waals surface area contributed by atoms with Crippen LogP contribution in [-0.4, -0.2) is 38.7 Å². The van der Waals surface area contributed by atoms with Crippen molar-refractivity contribution in [3.05, 3.63) is 76.9 Å². The summed E-state index contributed by atoms with van der Waals surface area (Å²) in [5, 5.41) is 4.86. The van der Waals surface area contributed by atoms with Gasteiger partial charge in [-0.1, -0.05) is 30.3 Å². The molecule has 6 nitrogen and oxygen atoms in total. The number of rotatable bonds is 3. The summed E-state index contributed by atoms with van der Waals surface area (Å²) < 4.78 is 8.03. The van der Waals surface area contributed by atoms with Crippen molar-refractivity contribution in [1.82, 2.24) is 19.7 Å². The maximum Gasteiger partial charge on any atom is 0.274 e. The molecule has 0 saturated carbocycles. The van der Waals surface area contributed by atoms with Gasteiger partial charge in [0, 0.05) is 24.3 Å². The summed E-state index contributed by atoms with van der Waals surface area (Å²) in [7, 11) is 0. The molecule has 0 spiro atoms. The van der Waals surface area contributed by atoms with E-state index in [4.69, 9.17) is 9.52 Å². The molecule has 1 saturated heterocycles. The van der Waals surface area contributed by atoms with E-state index in [0.717, 1.165) is 72.5 Å². The third-order valence-electron chi connectivity index (χ3n) is 6.84. The molecule has 1 unspecified atom stereocenters. The van der Waals surface area contributed by atoms with Crippen molar-refractivity contribution < 1.29 is 9.21 Å². The lowest BCUT2D eigenvalue weighted by molar-refractivity contribution is 0.0691. The van der Waals surface area contributed by atoms with Crippen molar-refractivity contribution >= 4 is 17.0 Å². The Kier molecular flexibility index (Phi) is 4.59. The molecule has 162 valence electrons. The summed E-state index contributed by atoms with van der Waals surface area (Å²) in [5.41, 5.74) is 6.85. The van der Waals surface area contributed by atoms with Crippen molar-refractivity contribution in [1.29, 1.82) is 0 Å². The van der Waals surface area contributed by atoms with Gasteiger partial charge >= 0.3 is 0 Å². The maximum atomic E-state index is 13.6. The van der Waals surface area contributed by atoms with Crippen LogP contribution >= 0.6 is 0 Å². The molecule has 1 fully saturated rings. The SMILES string of the molecule is Cc1ccccc1-n1nc(C(=O)N2CCCC(c3nc4ccccc4o3)C2)c2c1CCC2. The number of para-hydroxylation sites is 3. The summed E-state index contributed by atoms with van der Waals surface area (Å²) in [6.45, 7) is 3.47. The molecule has 32 heavy (non-hydrogen) atoms. The van der Waals surface area contributed by atoms with E-state index in [1.165, 1.54) is 5.69 Å². The Hall–Kier alpha value is -3.41. The van der Waals surface area contributed by atoms with Crippen molar-refractivity contribution in [2.24, 2.45) is 0 Å². The van der Waals surface area contributed by atoms with Crippen LogP contribution in [0.1, 0.15) is 58.4 Å². The van der Waals surface area contributed by atoms with E-state index in [0.29, 0.717) is 12.2 Å². The highest BCUT2D eigenvalue weighted by Crippen LogP contribution is 2.32. The molecule has 1 amide bonds. The van der Waals surface area contributed by atoms with Gasteiger partial charge in [-0.2, -0.15) is 5.10 Å². The number of oxazole rings is 1. The van der Waals surface area contributed by atoms with Crippen molar-refractivity contribution in [3.63, 3.8) is 0 Å². The van der Waals surface area contributed by atoms with Crippen LogP contribution in [0, 0.1) is 6.92 Å². The number of fused-ring (bicyclic) bond motifs is 2. The highest BCUT2D eigenvalue weighted by atomic mass is 16.3. The quantitative estimate of drug-likeness (QED) is 0.471. The van der Waals surface area contributed by atoms with E-state index in [2.05, 4.69) is 24.0 Å². The van der Waals surface area contributed by atoms with Crippen LogP contribution in [0.2, 0.25) is 0 Å². The Morgan fingerprint density at radius 2 is 1.91 bits per heavy atom. The molecule has 2 aromatic heterocycles. The summed E-state index contributed by atoms with van der Waals surface area (Å²) in [6.07, 6.45) is 4.88. The number of aryl methyl sites for hydroxylation is 1. The van der Waals surface area contributed by atoms with Crippen LogP contribution in [0.15, 0.2) is 52.9 Å². The van der Waals surface area contributed by atoms with E-state index in [9.17, 15) is 4.79 Å². The number of piperidine rings is 1. The minimum Gasteiger partial charge on any atom is -0.440 e. The van der Waals surface area contributed by atoms with E-state index < -0.39 is 0 Å². The molecule has 1 aliphatic heterocycles. The van der Waals surface area contributed by atoms with Gasteiger partial charge in [-0.3, -0.25) is 4.79 Å². The number of aromatic nitrogens is 3. The molecule has 0 radical (unpaired) electrons. The van der Waals surface area contributed by atoms with E-state index >= 15 is 0 Å². The fourth-order valence-electron chi connectivity index (χ4n) is 5.19. The number of benzene rings is 2. The normalized spacial score (nSPS) is 18.3. The van der Waals surface area contributed by atoms with Crippen LogP contribution in [0.25, 0.3) is 16.8 Å². The van der Waals surface area contributed by atoms with Gasteiger partial charge in [0.25, 0.3) is 5.91 Å². The first kappa shape index (κ1) is 19.3. The predicted octanol–water partition coefficient (Wildman–Crippen LogP) is 4.83. The molecule has 0 N–H and O–H groups in total. The highest BCUT2D eigenvalue weighted by Gasteiger charge is 2.33. The molecule has 3 heterocycles. The second-order valence-corrected chi connectivity index (χ2v) is 8.94. The predicted molar refractivity (Wildman–Crippen MR) is 122 cm³/mol. The molecular formula is C26H26N4O2. The second-order valence-electron chi connectivity index (χ2n) is 8.94. The Morgan fingerprint density at radius 3 is 2.78 bits per heavy atom. The second kappa shape index (κ2) is 7.62. The molecule has 2 aromatic carbocycles. The van der Waals surface area contributed by atoms with Crippen LogP contribution in [0.5, 0.6) is 0 Å². The number of hydrogen-bond donors (Lipinski definition) is 0. The van der Waals surface area contributed by atoms with Gasteiger partial charge in [-0.25, -0.2) is 9.67 Å². The lowest BCUT2D eigenvalue weighted by Gasteiger charge is -2.31. The van der Waals surface area contributed by atoms with Crippen LogP contribution < -0.4 is 0 Å². The Labute approximate surface area is 186 Å². The molecule has 6 rings (SSSR count). The maximum absolute atomic E-state index is 13.6. The summed E-state index contributed by atoms with van der Waals surface area (Å²) in [5.74, 6) is 0.891. The summed E-state index contributed by atoms with van der Waals surface area (Å²) in [4.78, 5) is 20.3. The number of hydrogen-bond acceptors (Lipinski definition) is 4. The molecule has 1 atom stereocenters. The van der Waals surface area contributed by atoms with E-state index in [1.54, 1.807) is 0 Å². The number of nitrogens with zero attached hydrogens (tertiary/aromatic N) is 4. The zero-order valence-corrected chi connectivity index (χ0v) is 18.3. The monoisotopic (exact) mass is 426 g/mol. The number of amides is 1. The van der Waals surface area contributed by atoms with Gasteiger partial charge < -0.3 is 9.32 Å². The Balaban J connectivity index is 1.31. The summed E-state index contributed by atoms with van der Waals surface area (Å²) in [6, 6.07) is 16.1. The Morgan fingerprint density at radius 1 is 1.06 bits per heavy atom. The van der Waals surface area contributed by atoms with Gasteiger partial charge in [-0.15, -0.1) is 0 Å². The molecule has 1 aliphatic carbocycles. The number of likely N-dealkylation sites (tertiary alicyclic amines) is 1. The van der Waals surface area contributed by atoms with E-state index in [-0.39, 0.29) is 11.8 Å². The fraction of sp³-hybridized carbons (Fsp3) is 0.346. The van der Waals surface area contributed by atoms with Crippen molar-refractivity contribution in [3.8, 4) is 5.69 Å². The largest absolute Gasteiger partial charge is 0.440 e. The van der Waals surface area contributed by atoms with Gasteiger partial charge in [0.2, 0.25) is 0 Å². The van der Waals surface area contributed by atoms with Gasteiger partial charge in [0.15, 0.2) is 17.2 Å². The molecule has 2 aliphatic rings. The van der Waals surface area contributed by atoms with Gasteiger partial charge in [-0.05, 0) is 62.8 Å². The van der Waals surface area contributed by atoms with Crippen molar-refractivity contribution in [2.75, 3.05) is 13.1 Å². The fourth-order valence-corrected chi connectivity index (χ4v) is 5.19. The lowest BCUT2D eigenvalue weighted by Crippen LogP contribution is -2.39. The van der Waals surface area contributed by atoms with Crippen LogP contribution in [0.4, 0.5) is 0 Å². The molecule has 6 heteroatoms. The third kappa shape index (κ3) is 3.13. The molecular weight excluding hydrogens is 400 g/mol. The van der Waals surface area contributed by atoms with Crippen LogP contribution in [0.3, 0.4) is 0 Å². The first-order chi connectivity index (χ1) is 15.7. The first-order valence-electron chi connectivity index (χ1n) is 11.5. The topological polar surface area (TPSA) is 64.2 Å².